The highest BCUT2D eigenvalue weighted by atomic mass is 16.5. The van der Waals surface area contributed by atoms with E-state index in [0.29, 0.717) is 19.6 Å². The Labute approximate surface area is 150 Å². The lowest BCUT2D eigenvalue weighted by molar-refractivity contribution is -0.0115. The van der Waals surface area contributed by atoms with Crippen LogP contribution in [0.2, 0.25) is 0 Å². The predicted octanol–water partition coefficient (Wildman–Crippen LogP) is 2.55. The number of hydrogen-bond acceptors (Lipinski definition) is 4. The standard InChI is InChI=1S/C19H31N3O3/c1-6-22-17(15-11-12(2)25-13(3)16(15)20-22)18(23)21-9-7-14(8-10-21)19(4,5)24/h12-14,24H,6-11H2,1-5H3/t12-,13+/m0/s1. The molecular weight excluding hydrogens is 318 g/mol. The van der Waals surface area contributed by atoms with Gasteiger partial charge in [-0.2, -0.15) is 5.10 Å². The summed E-state index contributed by atoms with van der Waals surface area (Å²) in [6.07, 6.45) is 2.45. The third-order valence-corrected chi connectivity index (χ3v) is 5.68. The average molecular weight is 349 g/mol. The number of fused-ring (bicyclic) bond motifs is 1. The van der Waals surface area contributed by atoms with Crippen molar-refractivity contribution in [3.63, 3.8) is 0 Å². The second-order valence-corrected chi connectivity index (χ2v) is 8.04. The Morgan fingerprint density at radius 2 is 1.96 bits per heavy atom. The van der Waals surface area contributed by atoms with Crippen LogP contribution in [0.5, 0.6) is 0 Å². The molecule has 1 aromatic rings. The van der Waals surface area contributed by atoms with E-state index in [1.807, 2.05) is 44.2 Å². The highest BCUT2D eigenvalue weighted by Crippen LogP contribution is 2.33. The van der Waals surface area contributed by atoms with Crippen LogP contribution in [0.25, 0.3) is 0 Å². The van der Waals surface area contributed by atoms with Gasteiger partial charge in [0.05, 0.1) is 23.5 Å². The minimum absolute atomic E-state index is 0.0703. The number of aromatic nitrogens is 2. The third-order valence-electron chi connectivity index (χ3n) is 5.68. The average Bonchev–Trinajstić information content (AvgIpc) is 2.92. The Bertz CT molecular complexity index is 639. The molecule has 3 heterocycles. The highest BCUT2D eigenvalue weighted by Gasteiger charge is 2.36. The summed E-state index contributed by atoms with van der Waals surface area (Å²) in [5.41, 5.74) is 2.03. The number of rotatable bonds is 3. The maximum Gasteiger partial charge on any atom is 0.272 e. The molecule has 6 heteroatoms. The van der Waals surface area contributed by atoms with Gasteiger partial charge in [-0.25, -0.2) is 0 Å². The van der Waals surface area contributed by atoms with E-state index in [0.717, 1.165) is 36.2 Å². The molecule has 2 aliphatic heterocycles. The molecule has 0 aliphatic carbocycles. The van der Waals surface area contributed by atoms with E-state index in [9.17, 15) is 9.90 Å². The topological polar surface area (TPSA) is 67.6 Å². The monoisotopic (exact) mass is 349 g/mol. The highest BCUT2D eigenvalue weighted by molar-refractivity contribution is 5.94. The Morgan fingerprint density at radius 1 is 1.32 bits per heavy atom. The van der Waals surface area contributed by atoms with Crippen molar-refractivity contribution in [3.05, 3.63) is 17.0 Å². The molecule has 6 nitrogen and oxygen atoms in total. The van der Waals surface area contributed by atoms with E-state index in [2.05, 4.69) is 5.10 Å². The van der Waals surface area contributed by atoms with Gasteiger partial charge in [-0.15, -0.1) is 0 Å². The fourth-order valence-electron chi connectivity index (χ4n) is 4.20. The maximum atomic E-state index is 13.2. The summed E-state index contributed by atoms with van der Waals surface area (Å²) in [6.45, 7) is 11.9. The van der Waals surface area contributed by atoms with Gasteiger partial charge in [0.2, 0.25) is 0 Å². The number of carbonyl (C=O) groups excluding carboxylic acids is 1. The van der Waals surface area contributed by atoms with E-state index in [1.54, 1.807) is 0 Å². The molecule has 0 aromatic carbocycles. The first-order valence-corrected chi connectivity index (χ1v) is 9.49. The Morgan fingerprint density at radius 3 is 2.52 bits per heavy atom. The number of ether oxygens (including phenoxy) is 1. The van der Waals surface area contributed by atoms with E-state index < -0.39 is 5.60 Å². The van der Waals surface area contributed by atoms with Crippen molar-refractivity contribution < 1.29 is 14.6 Å². The maximum absolute atomic E-state index is 13.2. The van der Waals surface area contributed by atoms with Crippen LogP contribution in [0.1, 0.15) is 75.3 Å². The fourth-order valence-corrected chi connectivity index (χ4v) is 4.20. The third kappa shape index (κ3) is 3.47. The molecule has 1 saturated heterocycles. The normalized spacial score (nSPS) is 25.1. The minimum Gasteiger partial charge on any atom is -0.390 e. The van der Waals surface area contributed by atoms with Crippen molar-refractivity contribution in [2.45, 2.75) is 78.2 Å². The van der Waals surface area contributed by atoms with Crippen LogP contribution in [-0.2, 0) is 17.7 Å². The summed E-state index contributed by atoms with van der Waals surface area (Å²) in [5.74, 6) is 0.320. The second kappa shape index (κ2) is 6.72. The zero-order valence-electron chi connectivity index (χ0n) is 16.1. The number of amides is 1. The molecule has 0 unspecified atom stereocenters. The molecule has 0 saturated carbocycles. The lowest BCUT2D eigenvalue weighted by atomic mass is 9.83. The molecule has 140 valence electrons. The number of likely N-dealkylation sites (tertiary alicyclic amines) is 1. The Hall–Kier alpha value is -1.40. The van der Waals surface area contributed by atoms with Gasteiger partial charge < -0.3 is 14.7 Å². The zero-order chi connectivity index (χ0) is 18.4. The van der Waals surface area contributed by atoms with E-state index in [4.69, 9.17) is 4.74 Å². The van der Waals surface area contributed by atoms with Crippen molar-refractivity contribution in [2.75, 3.05) is 13.1 Å². The number of nitrogens with zero attached hydrogens (tertiary/aromatic N) is 3. The molecule has 1 fully saturated rings. The van der Waals surface area contributed by atoms with E-state index >= 15 is 0 Å². The van der Waals surface area contributed by atoms with Gasteiger partial charge in [-0.1, -0.05) is 0 Å². The van der Waals surface area contributed by atoms with Gasteiger partial charge in [-0.05, 0) is 53.4 Å². The van der Waals surface area contributed by atoms with Gasteiger partial charge in [0.15, 0.2) is 0 Å². The van der Waals surface area contributed by atoms with Crippen molar-refractivity contribution in [2.24, 2.45) is 5.92 Å². The largest absolute Gasteiger partial charge is 0.390 e. The summed E-state index contributed by atoms with van der Waals surface area (Å²) < 4.78 is 7.71. The van der Waals surface area contributed by atoms with Crippen LogP contribution in [0.15, 0.2) is 0 Å². The van der Waals surface area contributed by atoms with Crippen molar-refractivity contribution in [3.8, 4) is 0 Å². The van der Waals surface area contributed by atoms with Crippen LogP contribution >= 0.6 is 0 Å². The van der Waals surface area contributed by atoms with Gasteiger partial charge in [0.25, 0.3) is 5.91 Å². The lowest BCUT2D eigenvalue weighted by Gasteiger charge is -2.38. The summed E-state index contributed by atoms with van der Waals surface area (Å²) >= 11 is 0. The SMILES string of the molecule is CCn1nc2c(c1C(=O)N1CCC(C(C)(C)O)CC1)C[C@H](C)O[C@@H]2C. The first kappa shape index (κ1) is 18.4. The molecule has 25 heavy (non-hydrogen) atoms. The predicted molar refractivity (Wildman–Crippen MR) is 95.5 cm³/mol. The Balaban J connectivity index is 1.84. The van der Waals surface area contributed by atoms with Gasteiger partial charge >= 0.3 is 0 Å². The van der Waals surface area contributed by atoms with Gasteiger partial charge in [-0.3, -0.25) is 9.48 Å². The molecule has 3 rings (SSSR count). The summed E-state index contributed by atoms with van der Waals surface area (Å²) in [4.78, 5) is 15.2. The summed E-state index contributed by atoms with van der Waals surface area (Å²) in [7, 11) is 0. The van der Waals surface area contributed by atoms with Crippen LogP contribution in [0, 0.1) is 5.92 Å². The smallest absolute Gasteiger partial charge is 0.272 e. The first-order chi connectivity index (χ1) is 11.7. The van der Waals surface area contributed by atoms with E-state index in [1.165, 1.54) is 0 Å². The zero-order valence-corrected chi connectivity index (χ0v) is 16.1. The van der Waals surface area contributed by atoms with Gasteiger partial charge in [0, 0.05) is 31.6 Å². The molecule has 0 spiro atoms. The lowest BCUT2D eigenvalue weighted by Crippen LogP contribution is -2.45. The van der Waals surface area contributed by atoms with Crippen molar-refractivity contribution in [1.29, 1.82) is 0 Å². The number of carbonyl (C=O) groups is 1. The molecule has 1 aromatic heterocycles. The second-order valence-electron chi connectivity index (χ2n) is 8.04. The molecule has 1 amide bonds. The number of piperidine rings is 1. The summed E-state index contributed by atoms with van der Waals surface area (Å²) in [5, 5.41) is 14.9. The molecule has 2 aliphatic rings. The van der Waals surface area contributed by atoms with Crippen LogP contribution in [0.4, 0.5) is 0 Å². The molecule has 2 atom stereocenters. The van der Waals surface area contributed by atoms with Crippen LogP contribution in [0.3, 0.4) is 0 Å². The van der Waals surface area contributed by atoms with Crippen molar-refractivity contribution >= 4 is 5.91 Å². The Kier molecular flexibility index (Phi) is 4.95. The minimum atomic E-state index is -0.679. The van der Waals surface area contributed by atoms with Gasteiger partial charge in [0.1, 0.15) is 5.69 Å². The molecular formula is C19H31N3O3. The fraction of sp³-hybridized carbons (Fsp3) is 0.789. The quantitative estimate of drug-likeness (QED) is 0.911. The number of aryl methyl sites for hydroxylation is 1. The number of hydrogen-bond donors (Lipinski definition) is 1. The van der Waals surface area contributed by atoms with Crippen LogP contribution < -0.4 is 0 Å². The first-order valence-electron chi connectivity index (χ1n) is 9.49. The van der Waals surface area contributed by atoms with E-state index in [-0.39, 0.29) is 24.0 Å². The van der Waals surface area contributed by atoms with Crippen molar-refractivity contribution in [1.82, 2.24) is 14.7 Å². The molecule has 0 radical (unpaired) electrons. The van der Waals surface area contributed by atoms with Crippen LogP contribution in [-0.4, -0.2) is 50.5 Å². The molecule has 1 N–H and O–H groups in total. The number of aliphatic hydroxyl groups is 1. The molecule has 0 bridgehead atoms. The summed E-state index contributed by atoms with van der Waals surface area (Å²) in [6, 6.07) is 0.